The van der Waals surface area contributed by atoms with Crippen molar-refractivity contribution in [2.75, 3.05) is 0 Å². The lowest BCUT2D eigenvalue weighted by atomic mass is 9.43. The summed E-state index contributed by atoms with van der Waals surface area (Å²) in [5, 5.41) is 21.9. The number of hydrogen-bond acceptors (Lipinski definition) is 4. The maximum atomic E-state index is 11.7. The van der Waals surface area contributed by atoms with E-state index in [1.165, 1.54) is 19.3 Å². The Hall–Kier alpha value is -0.0951. The van der Waals surface area contributed by atoms with Crippen LogP contribution in [0.15, 0.2) is 0 Å². The monoisotopic (exact) mass is 418 g/mol. The van der Waals surface area contributed by atoms with Gasteiger partial charge in [0.1, 0.15) is 0 Å². The summed E-state index contributed by atoms with van der Waals surface area (Å²) in [4.78, 5) is 0. The van der Waals surface area contributed by atoms with Crippen LogP contribution in [0.1, 0.15) is 92.9 Å². The SMILES string of the molecule is C[C@H]1OB(C(C)(C)C)O[C@@]12CC[C@H]1[C@@H]3CC[C@@H]4C[C@H](O)CC[C@]4(C)[C@H]3[C@@H](O)C[C@@]12C. The van der Waals surface area contributed by atoms with Crippen molar-refractivity contribution in [1.82, 2.24) is 0 Å². The van der Waals surface area contributed by atoms with E-state index in [1.807, 2.05) is 0 Å². The number of fused-ring (bicyclic) bond motifs is 6. The number of rotatable bonds is 0. The van der Waals surface area contributed by atoms with Crippen LogP contribution in [0.2, 0.25) is 5.31 Å². The molecular formula is C25H43BO4. The lowest BCUT2D eigenvalue weighted by Crippen LogP contribution is -2.63. The van der Waals surface area contributed by atoms with Crippen molar-refractivity contribution in [3.05, 3.63) is 0 Å². The molecule has 0 amide bonds. The summed E-state index contributed by atoms with van der Waals surface area (Å²) in [5.74, 6) is 2.10. The highest BCUT2D eigenvalue weighted by molar-refractivity contribution is 6.49. The molecule has 4 aliphatic carbocycles. The highest BCUT2D eigenvalue weighted by Gasteiger charge is 2.72. The minimum atomic E-state index is -0.279. The van der Waals surface area contributed by atoms with Gasteiger partial charge in [0.2, 0.25) is 0 Å². The molecule has 0 radical (unpaired) electrons. The van der Waals surface area contributed by atoms with Crippen molar-refractivity contribution < 1.29 is 19.5 Å². The van der Waals surface area contributed by atoms with E-state index >= 15 is 0 Å². The second-order valence-electron chi connectivity index (χ2n) is 13.2. The zero-order valence-corrected chi connectivity index (χ0v) is 20.0. The largest absolute Gasteiger partial charge is 0.463 e. The zero-order valence-electron chi connectivity index (χ0n) is 20.0. The first-order valence-corrected chi connectivity index (χ1v) is 12.6. The molecule has 0 bridgehead atoms. The molecule has 1 spiro atoms. The predicted molar refractivity (Wildman–Crippen MR) is 119 cm³/mol. The molecule has 5 heteroatoms. The third-order valence-corrected chi connectivity index (χ3v) is 10.8. The fraction of sp³-hybridized carbons (Fsp3) is 1.00. The van der Waals surface area contributed by atoms with Crippen LogP contribution < -0.4 is 0 Å². The van der Waals surface area contributed by atoms with Gasteiger partial charge >= 0.3 is 7.12 Å². The molecule has 4 saturated carbocycles. The molecule has 0 aromatic rings. The fourth-order valence-corrected chi connectivity index (χ4v) is 9.23. The van der Waals surface area contributed by atoms with Gasteiger partial charge in [0.15, 0.2) is 0 Å². The molecule has 170 valence electrons. The van der Waals surface area contributed by atoms with Gasteiger partial charge in [-0.3, -0.25) is 0 Å². The van der Waals surface area contributed by atoms with Crippen molar-refractivity contribution in [1.29, 1.82) is 0 Å². The average Bonchev–Trinajstić information content (AvgIpc) is 3.14. The predicted octanol–water partition coefficient (Wildman–Crippen LogP) is 4.82. The van der Waals surface area contributed by atoms with Crippen LogP contribution in [0.4, 0.5) is 0 Å². The molecule has 1 heterocycles. The molecule has 1 aliphatic heterocycles. The van der Waals surface area contributed by atoms with E-state index in [9.17, 15) is 10.2 Å². The van der Waals surface area contributed by atoms with Crippen LogP contribution in [0.5, 0.6) is 0 Å². The first kappa shape index (κ1) is 21.7. The van der Waals surface area contributed by atoms with Crippen LogP contribution in [-0.2, 0) is 9.31 Å². The fourth-order valence-electron chi connectivity index (χ4n) is 9.23. The summed E-state index contributed by atoms with van der Waals surface area (Å²) in [7, 11) is -0.175. The smallest absolute Gasteiger partial charge is 0.405 e. The van der Waals surface area contributed by atoms with Crippen LogP contribution in [0.3, 0.4) is 0 Å². The first-order chi connectivity index (χ1) is 13.9. The molecule has 5 rings (SSSR count). The van der Waals surface area contributed by atoms with Crippen molar-refractivity contribution in [2.45, 2.75) is 122 Å². The normalized spacial score (nSPS) is 56.0. The van der Waals surface area contributed by atoms with Crippen molar-refractivity contribution in [3.63, 3.8) is 0 Å². The molecule has 1 saturated heterocycles. The quantitative estimate of drug-likeness (QED) is 0.554. The zero-order chi connectivity index (χ0) is 21.7. The minimum Gasteiger partial charge on any atom is -0.405 e. The average molecular weight is 418 g/mol. The van der Waals surface area contributed by atoms with Gasteiger partial charge in [0.25, 0.3) is 0 Å². The first-order valence-electron chi connectivity index (χ1n) is 12.6. The Morgan fingerprint density at radius 3 is 2.40 bits per heavy atom. The molecular weight excluding hydrogens is 375 g/mol. The summed E-state index contributed by atoms with van der Waals surface area (Å²) in [6, 6.07) is 0. The Balaban J connectivity index is 1.47. The molecule has 30 heavy (non-hydrogen) atoms. The Labute approximate surface area is 183 Å². The van der Waals surface area contributed by atoms with E-state index in [1.54, 1.807) is 0 Å². The van der Waals surface area contributed by atoms with E-state index in [2.05, 4.69) is 41.5 Å². The Morgan fingerprint density at radius 2 is 1.73 bits per heavy atom. The van der Waals surface area contributed by atoms with Gasteiger partial charge in [-0.25, -0.2) is 0 Å². The molecule has 2 N–H and O–H groups in total. The number of aliphatic hydroxyl groups excluding tert-OH is 2. The Bertz CT molecular complexity index is 693. The van der Waals surface area contributed by atoms with Crippen LogP contribution in [0, 0.1) is 34.5 Å². The van der Waals surface area contributed by atoms with Crippen LogP contribution >= 0.6 is 0 Å². The van der Waals surface area contributed by atoms with Gasteiger partial charge in [-0.1, -0.05) is 34.6 Å². The summed E-state index contributed by atoms with van der Waals surface area (Å²) >= 11 is 0. The third kappa shape index (κ3) is 2.74. The summed E-state index contributed by atoms with van der Waals surface area (Å²) in [6.07, 6.45) is 8.02. The standard InChI is InChI=1S/C25H43BO4/c1-15-25(30-26(29-15)22(2,3)4)12-10-19-18-8-7-16-13-17(27)9-11-23(16,5)21(18)20(28)14-24(19,25)6/h15-21,27-28H,7-14H2,1-6H3/t15-,16-,17-,18+,19+,20+,21-,23+,24+,25+/m1/s1. The van der Waals surface area contributed by atoms with E-state index < -0.39 is 0 Å². The Morgan fingerprint density at radius 1 is 1.00 bits per heavy atom. The van der Waals surface area contributed by atoms with Crippen LogP contribution in [-0.4, -0.2) is 41.2 Å². The summed E-state index contributed by atoms with van der Waals surface area (Å²) in [6.45, 7) is 13.6. The van der Waals surface area contributed by atoms with Gasteiger partial charge in [0.05, 0.1) is 23.9 Å². The van der Waals surface area contributed by atoms with E-state index in [0.717, 1.165) is 32.1 Å². The summed E-state index contributed by atoms with van der Waals surface area (Å²) < 4.78 is 13.3. The molecule has 0 aromatic carbocycles. The van der Waals surface area contributed by atoms with Crippen LogP contribution in [0.25, 0.3) is 0 Å². The van der Waals surface area contributed by atoms with Crippen molar-refractivity contribution >= 4 is 7.12 Å². The number of aliphatic hydroxyl groups is 2. The molecule has 4 nitrogen and oxygen atoms in total. The van der Waals surface area contributed by atoms with Gasteiger partial charge < -0.3 is 19.5 Å². The van der Waals surface area contributed by atoms with Crippen molar-refractivity contribution in [3.8, 4) is 0 Å². The maximum absolute atomic E-state index is 11.7. The van der Waals surface area contributed by atoms with Crippen molar-refractivity contribution in [2.24, 2.45) is 34.5 Å². The van der Waals surface area contributed by atoms with Gasteiger partial charge in [-0.15, -0.1) is 0 Å². The molecule has 0 aromatic heterocycles. The minimum absolute atomic E-state index is 0.0373. The maximum Gasteiger partial charge on any atom is 0.463 e. The lowest BCUT2D eigenvalue weighted by Gasteiger charge is -2.63. The van der Waals surface area contributed by atoms with E-state index in [0.29, 0.717) is 23.7 Å². The highest BCUT2D eigenvalue weighted by atomic mass is 16.7. The molecule has 5 fully saturated rings. The van der Waals surface area contributed by atoms with E-state index in [-0.39, 0.29) is 47.2 Å². The van der Waals surface area contributed by atoms with Gasteiger partial charge in [0, 0.05) is 5.41 Å². The second kappa shape index (κ2) is 6.71. The topological polar surface area (TPSA) is 58.9 Å². The number of hydrogen-bond donors (Lipinski definition) is 2. The van der Waals surface area contributed by atoms with Gasteiger partial charge in [-0.05, 0) is 92.7 Å². The Kier molecular flexibility index (Phi) is 4.86. The van der Waals surface area contributed by atoms with E-state index in [4.69, 9.17) is 9.31 Å². The second-order valence-corrected chi connectivity index (χ2v) is 13.2. The van der Waals surface area contributed by atoms with Gasteiger partial charge in [-0.2, -0.15) is 0 Å². The lowest BCUT2D eigenvalue weighted by molar-refractivity contribution is -0.199. The molecule has 0 unspecified atom stereocenters. The molecule has 10 atom stereocenters. The highest BCUT2D eigenvalue weighted by Crippen LogP contribution is 2.70. The third-order valence-electron chi connectivity index (χ3n) is 10.8. The summed E-state index contributed by atoms with van der Waals surface area (Å²) in [5.41, 5.74) is -0.141. The molecule has 5 aliphatic rings.